The van der Waals surface area contributed by atoms with Crippen LogP contribution in [0.15, 0.2) is 12.4 Å². The predicted octanol–water partition coefficient (Wildman–Crippen LogP) is 2.36. The minimum absolute atomic E-state index is 0.369. The number of aromatic nitrogens is 2. The second-order valence-electron chi connectivity index (χ2n) is 5.81. The van der Waals surface area contributed by atoms with Crippen molar-refractivity contribution in [1.82, 2.24) is 9.97 Å². The monoisotopic (exact) mass is 281 g/mol. The van der Waals surface area contributed by atoms with Crippen molar-refractivity contribution in [3.05, 3.63) is 17.4 Å². The number of piperidine rings is 1. The van der Waals surface area contributed by atoms with E-state index in [1.165, 1.54) is 25.7 Å². The fraction of sp³-hybridized carbons (Fsp3) is 0.714. The van der Waals surface area contributed by atoms with Crippen molar-refractivity contribution >= 4 is 17.5 Å². The molecule has 4 nitrogen and oxygen atoms in total. The van der Waals surface area contributed by atoms with Crippen molar-refractivity contribution in [1.29, 1.82) is 0 Å². The van der Waals surface area contributed by atoms with Crippen LogP contribution in [0.4, 0.5) is 5.95 Å². The van der Waals surface area contributed by atoms with Crippen LogP contribution in [0.5, 0.6) is 0 Å². The molecule has 1 N–H and O–H groups in total. The molecular formula is C14H20ClN3O. The molecule has 0 radical (unpaired) electrons. The first kappa shape index (κ1) is 13.1. The SMILES string of the molecule is OCC1CC(C2CCN(c3ncc(Cl)cn3)CC2)C1. The second-order valence-corrected chi connectivity index (χ2v) is 6.24. The Morgan fingerprint density at radius 3 is 2.37 bits per heavy atom. The molecular weight excluding hydrogens is 262 g/mol. The summed E-state index contributed by atoms with van der Waals surface area (Å²) in [4.78, 5) is 10.8. The average Bonchev–Trinajstić information content (AvgIpc) is 2.39. The Morgan fingerprint density at radius 1 is 1.16 bits per heavy atom. The van der Waals surface area contributed by atoms with E-state index in [1.54, 1.807) is 12.4 Å². The predicted molar refractivity (Wildman–Crippen MR) is 75.3 cm³/mol. The summed E-state index contributed by atoms with van der Waals surface area (Å²) in [6.45, 7) is 2.44. The zero-order valence-electron chi connectivity index (χ0n) is 11.0. The highest BCUT2D eigenvalue weighted by Crippen LogP contribution is 2.42. The molecule has 0 amide bonds. The number of hydrogen-bond donors (Lipinski definition) is 1. The number of anilines is 1. The van der Waals surface area contributed by atoms with Crippen LogP contribution >= 0.6 is 11.6 Å². The van der Waals surface area contributed by atoms with Gasteiger partial charge in [0.1, 0.15) is 0 Å². The van der Waals surface area contributed by atoms with E-state index in [9.17, 15) is 0 Å². The topological polar surface area (TPSA) is 49.2 Å². The van der Waals surface area contributed by atoms with E-state index in [0.717, 1.165) is 30.9 Å². The normalized spacial score (nSPS) is 28.2. The molecule has 104 valence electrons. The van der Waals surface area contributed by atoms with E-state index < -0.39 is 0 Å². The van der Waals surface area contributed by atoms with Gasteiger partial charge in [-0.3, -0.25) is 0 Å². The van der Waals surface area contributed by atoms with Gasteiger partial charge in [0.25, 0.3) is 0 Å². The quantitative estimate of drug-likeness (QED) is 0.924. The van der Waals surface area contributed by atoms with Gasteiger partial charge < -0.3 is 10.0 Å². The minimum Gasteiger partial charge on any atom is -0.396 e. The van der Waals surface area contributed by atoms with Gasteiger partial charge in [-0.05, 0) is 43.4 Å². The zero-order chi connectivity index (χ0) is 13.2. The Bertz CT molecular complexity index is 411. The molecule has 2 fully saturated rings. The van der Waals surface area contributed by atoms with E-state index >= 15 is 0 Å². The third-order valence-corrected chi connectivity index (χ3v) is 4.82. The third-order valence-electron chi connectivity index (χ3n) is 4.63. The average molecular weight is 282 g/mol. The summed E-state index contributed by atoms with van der Waals surface area (Å²) in [5, 5.41) is 9.67. The van der Waals surface area contributed by atoms with Gasteiger partial charge >= 0.3 is 0 Å². The summed E-state index contributed by atoms with van der Waals surface area (Å²) >= 11 is 5.81. The number of hydrogen-bond acceptors (Lipinski definition) is 4. The van der Waals surface area contributed by atoms with E-state index in [2.05, 4.69) is 14.9 Å². The molecule has 19 heavy (non-hydrogen) atoms. The molecule has 2 heterocycles. The van der Waals surface area contributed by atoms with Crippen molar-refractivity contribution in [2.75, 3.05) is 24.6 Å². The fourth-order valence-corrected chi connectivity index (χ4v) is 3.46. The van der Waals surface area contributed by atoms with Crippen molar-refractivity contribution in [2.45, 2.75) is 25.7 Å². The van der Waals surface area contributed by atoms with Gasteiger partial charge in [0.2, 0.25) is 5.95 Å². The van der Waals surface area contributed by atoms with Crippen molar-refractivity contribution < 1.29 is 5.11 Å². The van der Waals surface area contributed by atoms with Crippen LogP contribution in [0.3, 0.4) is 0 Å². The highest BCUT2D eigenvalue weighted by atomic mass is 35.5. The molecule has 0 spiro atoms. The molecule has 0 atom stereocenters. The Balaban J connectivity index is 1.51. The molecule has 0 aromatic carbocycles. The maximum atomic E-state index is 9.08. The van der Waals surface area contributed by atoms with Gasteiger partial charge in [-0.1, -0.05) is 11.6 Å². The Kier molecular flexibility index (Phi) is 3.89. The summed E-state index contributed by atoms with van der Waals surface area (Å²) < 4.78 is 0. The lowest BCUT2D eigenvalue weighted by Crippen LogP contribution is -2.41. The summed E-state index contributed by atoms with van der Waals surface area (Å²) in [5.74, 6) is 3.03. The summed E-state index contributed by atoms with van der Waals surface area (Å²) in [7, 11) is 0. The first-order valence-corrected chi connectivity index (χ1v) is 7.47. The van der Waals surface area contributed by atoms with Crippen LogP contribution in [0, 0.1) is 17.8 Å². The van der Waals surface area contributed by atoms with Crippen molar-refractivity contribution in [3.63, 3.8) is 0 Å². The number of halogens is 1. The van der Waals surface area contributed by atoms with Crippen LogP contribution < -0.4 is 4.90 Å². The third kappa shape index (κ3) is 2.84. The van der Waals surface area contributed by atoms with Gasteiger partial charge in [0, 0.05) is 19.7 Å². The van der Waals surface area contributed by atoms with Gasteiger partial charge in [0.15, 0.2) is 0 Å². The Labute approximate surface area is 118 Å². The standard InChI is InChI=1S/C14H20ClN3O/c15-13-7-16-14(17-8-13)18-3-1-11(2-4-18)12-5-10(6-12)9-19/h7-8,10-12,19H,1-6,9H2. The van der Waals surface area contributed by atoms with E-state index in [0.29, 0.717) is 17.5 Å². The maximum Gasteiger partial charge on any atom is 0.225 e. The maximum absolute atomic E-state index is 9.08. The lowest BCUT2D eigenvalue weighted by atomic mass is 9.66. The second kappa shape index (κ2) is 5.63. The number of aliphatic hydroxyl groups is 1. The summed E-state index contributed by atoms with van der Waals surface area (Å²) in [5.41, 5.74) is 0. The zero-order valence-corrected chi connectivity index (χ0v) is 11.8. The fourth-order valence-electron chi connectivity index (χ4n) is 3.36. The van der Waals surface area contributed by atoms with Gasteiger partial charge in [-0.25, -0.2) is 9.97 Å². The first-order chi connectivity index (χ1) is 9.26. The van der Waals surface area contributed by atoms with E-state index in [1.807, 2.05) is 0 Å². The summed E-state index contributed by atoms with van der Waals surface area (Å²) in [6, 6.07) is 0. The largest absolute Gasteiger partial charge is 0.396 e. The van der Waals surface area contributed by atoms with Crippen LogP contribution in [0.25, 0.3) is 0 Å². The number of aliphatic hydroxyl groups excluding tert-OH is 1. The van der Waals surface area contributed by atoms with Crippen LogP contribution in [0.1, 0.15) is 25.7 Å². The molecule has 2 aliphatic rings. The molecule has 3 rings (SSSR count). The molecule has 1 saturated carbocycles. The van der Waals surface area contributed by atoms with Gasteiger partial charge in [-0.15, -0.1) is 0 Å². The lowest BCUT2D eigenvalue weighted by Gasteiger charge is -2.43. The van der Waals surface area contributed by atoms with Gasteiger partial charge in [0.05, 0.1) is 17.4 Å². The van der Waals surface area contributed by atoms with Crippen molar-refractivity contribution in [3.8, 4) is 0 Å². The molecule has 0 bridgehead atoms. The molecule has 1 aliphatic carbocycles. The van der Waals surface area contributed by atoms with E-state index in [4.69, 9.17) is 16.7 Å². The molecule has 1 saturated heterocycles. The minimum atomic E-state index is 0.369. The molecule has 5 heteroatoms. The Morgan fingerprint density at radius 2 is 1.79 bits per heavy atom. The molecule has 1 aromatic rings. The molecule has 1 aromatic heterocycles. The smallest absolute Gasteiger partial charge is 0.225 e. The van der Waals surface area contributed by atoms with Crippen molar-refractivity contribution in [2.24, 2.45) is 17.8 Å². The number of rotatable bonds is 3. The summed E-state index contributed by atoms with van der Waals surface area (Å²) in [6.07, 6.45) is 8.20. The lowest BCUT2D eigenvalue weighted by molar-refractivity contribution is 0.0602. The Hall–Kier alpha value is -0.870. The number of nitrogens with zero attached hydrogens (tertiary/aromatic N) is 3. The highest BCUT2D eigenvalue weighted by molar-refractivity contribution is 6.30. The van der Waals surface area contributed by atoms with Crippen LogP contribution in [-0.2, 0) is 0 Å². The highest BCUT2D eigenvalue weighted by Gasteiger charge is 2.36. The van der Waals surface area contributed by atoms with Gasteiger partial charge in [-0.2, -0.15) is 0 Å². The first-order valence-electron chi connectivity index (χ1n) is 7.09. The molecule has 1 aliphatic heterocycles. The van der Waals surface area contributed by atoms with E-state index in [-0.39, 0.29) is 0 Å². The molecule has 0 unspecified atom stereocenters. The van der Waals surface area contributed by atoms with Crippen LogP contribution in [-0.4, -0.2) is 34.8 Å². The van der Waals surface area contributed by atoms with Crippen LogP contribution in [0.2, 0.25) is 5.02 Å².